The number of nitrogens with one attached hydrogen (secondary N) is 1. The lowest BCUT2D eigenvalue weighted by molar-refractivity contribution is -0.137. The van der Waals surface area contributed by atoms with E-state index in [0.29, 0.717) is 11.3 Å². The van der Waals surface area contributed by atoms with Gasteiger partial charge >= 0.3 is 6.18 Å². The van der Waals surface area contributed by atoms with E-state index in [2.05, 4.69) is 5.32 Å². The molecule has 3 aromatic rings. The highest BCUT2D eigenvalue weighted by Crippen LogP contribution is 2.39. The summed E-state index contributed by atoms with van der Waals surface area (Å²) in [5, 5.41) is 2.63. The first-order valence-electron chi connectivity index (χ1n) is 9.64. The van der Waals surface area contributed by atoms with Crippen LogP contribution in [0.25, 0.3) is 11.3 Å². The van der Waals surface area contributed by atoms with Gasteiger partial charge in [-0.2, -0.15) is 13.2 Å². The molecule has 0 bridgehead atoms. The van der Waals surface area contributed by atoms with Crippen molar-refractivity contribution >= 4 is 28.2 Å². The number of halogens is 3. The largest absolute Gasteiger partial charge is 0.417 e. The summed E-state index contributed by atoms with van der Waals surface area (Å²) in [5.74, 6) is -1.53. The van der Waals surface area contributed by atoms with Gasteiger partial charge in [0, 0.05) is 17.4 Å². The van der Waals surface area contributed by atoms with Gasteiger partial charge < -0.3 is 15.6 Å². The summed E-state index contributed by atoms with van der Waals surface area (Å²) in [7, 11) is -2.59. The number of benzene rings is 2. The molecule has 1 aromatic heterocycles. The second-order valence-corrected chi connectivity index (χ2v) is 8.28. The molecule has 0 spiro atoms. The van der Waals surface area contributed by atoms with E-state index in [-0.39, 0.29) is 28.1 Å². The number of rotatable bonds is 7. The minimum atomic E-state index is -4.65. The summed E-state index contributed by atoms with van der Waals surface area (Å²) < 4.78 is 63.7. The van der Waals surface area contributed by atoms with Crippen LogP contribution in [0.2, 0.25) is 0 Å². The summed E-state index contributed by atoms with van der Waals surface area (Å²) in [6.45, 7) is 1.07. The van der Waals surface area contributed by atoms with Crippen LogP contribution in [0, 0.1) is 6.92 Å². The van der Waals surface area contributed by atoms with Gasteiger partial charge in [-0.1, -0.05) is 30.3 Å². The Morgan fingerprint density at radius 1 is 1.06 bits per heavy atom. The minimum Gasteiger partial charge on any atom is -0.368 e. The number of nitrogens with two attached hydrogens (primary N) is 1. The number of carbonyl (C=O) groups is 2. The third kappa shape index (κ3) is 5.61. The second kappa shape index (κ2) is 9.49. The quantitative estimate of drug-likeness (QED) is 0.452. The van der Waals surface area contributed by atoms with Crippen molar-refractivity contribution in [3.05, 3.63) is 77.0 Å². The molecule has 11 heteroatoms. The molecule has 0 saturated heterocycles. The molecule has 2 aromatic carbocycles. The number of nitrogens with zero attached hydrogens (tertiary/aromatic N) is 1. The molecule has 3 rings (SSSR count). The Morgan fingerprint density at radius 2 is 1.70 bits per heavy atom. The fourth-order valence-electron chi connectivity index (χ4n) is 3.52. The third-order valence-corrected chi connectivity index (χ3v) is 5.54. The van der Waals surface area contributed by atoms with Crippen LogP contribution in [-0.2, 0) is 34.0 Å². The van der Waals surface area contributed by atoms with Crippen LogP contribution in [0.3, 0.4) is 0 Å². The average Bonchev–Trinajstić information content (AvgIpc) is 3.03. The van der Waals surface area contributed by atoms with Crippen molar-refractivity contribution in [1.29, 1.82) is 0 Å². The highest BCUT2D eigenvalue weighted by molar-refractivity contribution is 7.71. The van der Waals surface area contributed by atoms with E-state index < -0.39 is 40.8 Å². The zero-order chi connectivity index (χ0) is 24.3. The number of thiol groups is 1. The number of anilines is 1. The molecule has 0 unspecified atom stereocenters. The normalized spacial score (nSPS) is 11.5. The molecule has 0 atom stereocenters. The van der Waals surface area contributed by atoms with E-state index in [1.807, 2.05) is 0 Å². The van der Waals surface area contributed by atoms with Gasteiger partial charge in [0.2, 0.25) is 5.91 Å². The number of amides is 2. The Labute approximate surface area is 189 Å². The molecule has 0 fully saturated rings. The molecular weight excluding hydrogens is 459 g/mol. The molecule has 0 aliphatic carbocycles. The van der Waals surface area contributed by atoms with E-state index in [1.54, 1.807) is 0 Å². The number of carbonyl (C=O) groups excluding carboxylic acids is 2. The average molecular weight is 479 g/mol. The van der Waals surface area contributed by atoms with Gasteiger partial charge in [-0.05, 0) is 36.2 Å². The molecule has 33 heavy (non-hydrogen) atoms. The standard InChI is InChI=1S/C22H20F3N3O4S/c1-13-17(21(30)27-15-8-6-14(7-9-15)12-33(31)32)10-28(11-19(26)29)20(13)16-4-2-3-5-18(16)22(23,24)25/h2-10,33H,11-12H2,1H3,(H2,26,29)(H,27,30). The number of aromatic nitrogens is 1. The molecule has 174 valence electrons. The lowest BCUT2D eigenvalue weighted by Gasteiger charge is -2.15. The SMILES string of the molecule is Cc1c(C(=O)Nc2ccc(C[SH](=O)=O)cc2)cn(CC(N)=O)c1-c1ccccc1C(F)(F)F. The number of hydrogen-bond donors (Lipinski definition) is 3. The molecule has 7 nitrogen and oxygen atoms in total. The van der Waals surface area contributed by atoms with Gasteiger partial charge in [0.05, 0.1) is 22.6 Å². The predicted molar refractivity (Wildman–Crippen MR) is 117 cm³/mol. The van der Waals surface area contributed by atoms with Crippen LogP contribution in [0.1, 0.15) is 27.0 Å². The molecule has 0 aliphatic heterocycles. The maximum absolute atomic E-state index is 13.6. The van der Waals surface area contributed by atoms with Gasteiger partial charge in [-0.25, -0.2) is 8.42 Å². The fourth-order valence-corrected chi connectivity index (χ4v) is 4.03. The van der Waals surface area contributed by atoms with E-state index in [0.717, 1.165) is 6.07 Å². The molecule has 1 heterocycles. The van der Waals surface area contributed by atoms with Crippen molar-refractivity contribution in [2.75, 3.05) is 5.32 Å². The topological polar surface area (TPSA) is 111 Å². The summed E-state index contributed by atoms with van der Waals surface area (Å²) in [4.78, 5) is 24.5. The summed E-state index contributed by atoms with van der Waals surface area (Å²) in [5.41, 5.74) is 5.46. The minimum absolute atomic E-state index is 0.0569. The van der Waals surface area contributed by atoms with Crippen molar-refractivity contribution in [2.24, 2.45) is 5.73 Å². The Balaban J connectivity index is 2.02. The van der Waals surface area contributed by atoms with Crippen LogP contribution >= 0.6 is 0 Å². The first-order valence-corrected chi connectivity index (χ1v) is 11.0. The van der Waals surface area contributed by atoms with E-state index in [9.17, 15) is 31.2 Å². The smallest absolute Gasteiger partial charge is 0.368 e. The van der Waals surface area contributed by atoms with Gasteiger partial charge in [-0.3, -0.25) is 9.59 Å². The lowest BCUT2D eigenvalue weighted by Crippen LogP contribution is -2.19. The van der Waals surface area contributed by atoms with Crippen molar-refractivity contribution in [3.8, 4) is 11.3 Å². The van der Waals surface area contributed by atoms with Crippen molar-refractivity contribution in [1.82, 2.24) is 4.57 Å². The summed E-state index contributed by atoms with van der Waals surface area (Å²) in [6, 6.07) is 11.0. The van der Waals surface area contributed by atoms with Crippen LogP contribution in [0.15, 0.2) is 54.7 Å². The third-order valence-electron chi connectivity index (χ3n) is 4.91. The monoisotopic (exact) mass is 479 g/mol. The van der Waals surface area contributed by atoms with Crippen LogP contribution in [0.4, 0.5) is 18.9 Å². The second-order valence-electron chi connectivity index (χ2n) is 7.30. The van der Waals surface area contributed by atoms with Gasteiger partial charge in [0.25, 0.3) is 5.91 Å². The van der Waals surface area contributed by atoms with Gasteiger partial charge in [0.1, 0.15) is 17.2 Å². The predicted octanol–water partition coefficient (Wildman–Crippen LogP) is 3.33. The molecule has 2 amide bonds. The maximum Gasteiger partial charge on any atom is 0.417 e. The Hall–Kier alpha value is -3.60. The molecule has 0 radical (unpaired) electrons. The fraction of sp³-hybridized carbons (Fsp3) is 0.182. The van der Waals surface area contributed by atoms with Crippen molar-refractivity contribution in [3.63, 3.8) is 0 Å². The number of alkyl halides is 3. The maximum atomic E-state index is 13.6. The van der Waals surface area contributed by atoms with Crippen LogP contribution in [0.5, 0.6) is 0 Å². The number of hydrogen-bond acceptors (Lipinski definition) is 4. The zero-order valence-electron chi connectivity index (χ0n) is 17.3. The van der Waals surface area contributed by atoms with Gasteiger partial charge in [0.15, 0.2) is 0 Å². The van der Waals surface area contributed by atoms with Gasteiger partial charge in [-0.15, -0.1) is 0 Å². The zero-order valence-corrected chi connectivity index (χ0v) is 18.2. The number of primary amides is 1. The van der Waals surface area contributed by atoms with Crippen LogP contribution < -0.4 is 11.1 Å². The van der Waals surface area contributed by atoms with E-state index >= 15 is 0 Å². The highest BCUT2D eigenvalue weighted by Gasteiger charge is 2.35. The molecule has 0 saturated carbocycles. The Bertz CT molecular complexity index is 1270. The first kappa shape index (κ1) is 24.1. The van der Waals surface area contributed by atoms with Crippen molar-refractivity contribution in [2.45, 2.75) is 25.4 Å². The lowest BCUT2D eigenvalue weighted by atomic mass is 10.00. The Kier molecular flexibility index (Phi) is 6.92. The highest BCUT2D eigenvalue weighted by atomic mass is 32.2. The Morgan fingerprint density at radius 3 is 2.27 bits per heavy atom. The van der Waals surface area contributed by atoms with E-state index in [1.165, 1.54) is 60.2 Å². The van der Waals surface area contributed by atoms with E-state index in [4.69, 9.17) is 5.73 Å². The van der Waals surface area contributed by atoms with Crippen LogP contribution in [-0.4, -0.2) is 24.8 Å². The molecular formula is C22H20F3N3O4S. The summed E-state index contributed by atoms with van der Waals surface area (Å²) in [6.07, 6.45) is -3.36. The molecule has 3 N–H and O–H groups in total. The summed E-state index contributed by atoms with van der Waals surface area (Å²) >= 11 is 0. The van der Waals surface area contributed by atoms with Crippen molar-refractivity contribution < 1.29 is 31.2 Å². The first-order chi connectivity index (χ1) is 15.5. The molecule has 0 aliphatic rings.